The van der Waals surface area contributed by atoms with Crippen LogP contribution in [0.5, 0.6) is 0 Å². The molecule has 3 rings (SSSR count). The lowest BCUT2D eigenvalue weighted by Gasteiger charge is -2.28. The van der Waals surface area contributed by atoms with Crippen LogP contribution in [0.15, 0.2) is 42.0 Å². The highest BCUT2D eigenvalue weighted by Gasteiger charge is 2.41. The van der Waals surface area contributed by atoms with Crippen molar-refractivity contribution >= 4 is 23.2 Å². The topological polar surface area (TPSA) is 115 Å². The Balaban J connectivity index is 2.14. The molecule has 0 bridgehead atoms. The monoisotopic (exact) mass is 299 g/mol. The zero-order valence-electron chi connectivity index (χ0n) is 11.1. The lowest BCUT2D eigenvalue weighted by molar-refractivity contribution is -0.384. The maximum atomic E-state index is 12.5. The minimum atomic E-state index is -1.19. The van der Waals surface area contributed by atoms with Crippen LogP contribution in [0.4, 0.5) is 5.69 Å². The second-order valence-corrected chi connectivity index (χ2v) is 5.05. The van der Waals surface area contributed by atoms with Crippen LogP contribution in [0.2, 0.25) is 0 Å². The SMILES string of the molecule is O=C(O)C1=C[C@H]2C(=O)c3cc([N+](=O)[O-])ccc3C(=O)[C@@H]2C=C1. The van der Waals surface area contributed by atoms with Gasteiger partial charge in [0.15, 0.2) is 11.6 Å². The number of carboxylic acids is 1. The van der Waals surface area contributed by atoms with Gasteiger partial charge < -0.3 is 5.11 Å². The summed E-state index contributed by atoms with van der Waals surface area (Å²) in [5.74, 6) is -3.71. The summed E-state index contributed by atoms with van der Waals surface area (Å²) >= 11 is 0. The molecule has 2 atom stereocenters. The van der Waals surface area contributed by atoms with Crippen molar-refractivity contribution in [3.63, 3.8) is 0 Å². The number of aliphatic carboxylic acids is 1. The molecule has 1 N–H and O–H groups in total. The molecule has 0 heterocycles. The van der Waals surface area contributed by atoms with Crippen molar-refractivity contribution in [1.82, 2.24) is 0 Å². The van der Waals surface area contributed by atoms with Crippen molar-refractivity contribution in [2.45, 2.75) is 0 Å². The van der Waals surface area contributed by atoms with E-state index < -0.39 is 28.5 Å². The molecule has 0 spiro atoms. The zero-order chi connectivity index (χ0) is 16.0. The number of hydrogen-bond acceptors (Lipinski definition) is 5. The molecule has 2 aliphatic rings. The van der Waals surface area contributed by atoms with E-state index in [-0.39, 0.29) is 28.2 Å². The Morgan fingerprint density at radius 3 is 2.45 bits per heavy atom. The zero-order valence-corrected chi connectivity index (χ0v) is 11.1. The van der Waals surface area contributed by atoms with Crippen molar-refractivity contribution in [2.75, 3.05) is 0 Å². The molecule has 22 heavy (non-hydrogen) atoms. The summed E-state index contributed by atoms with van der Waals surface area (Å²) in [6, 6.07) is 3.52. The van der Waals surface area contributed by atoms with Gasteiger partial charge in [-0.05, 0) is 6.07 Å². The number of nitrogens with zero attached hydrogens (tertiary/aromatic N) is 1. The molecule has 7 heteroatoms. The molecule has 0 fully saturated rings. The Morgan fingerprint density at radius 1 is 1.14 bits per heavy atom. The number of carboxylic acid groups (broad SMARTS) is 1. The molecule has 0 saturated carbocycles. The first kappa shape index (κ1) is 13.9. The van der Waals surface area contributed by atoms with Crippen LogP contribution in [0.25, 0.3) is 0 Å². The number of benzene rings is 1. The molecule has 0 aromatic heterocycles. The predicted molar refractivity (Wildman–Crippen MR) is 73.6 cm³/mol. The van der Waals surface area contributed by atoms with Gasteiger partial charge in [-0.1, -0.05) is 18.2 Å². The number of carbonyl (C=O) groups is 3. The smallest absolute Gasteiger partial charge is 0.335 e. The summed E-state index contributed by atoms with van der Waals surface area (Å²) < 4.78 is 0. The van der Waals surface area contributed by atoms with Crippen molar-refractivity contribution in [1.29, 1.82) is 0 Å². The number of ketones is 2. The van der Waals surface area contributed by atoms with Gasteiger partial charge in [0.25, 0.3) is 5.69 Å². The highest BCUT2D eigenvalue weighted by atomic mass is 16.6. The van der Waals surface area contributed by atoms with E-state index in [9.17, 15) is 24.5 Å². The van der Waals surface area contributed by atoms with E-state index in [0.717, 1.165) is 6.07 Å². The maximum absolute atomic E-state index is 12.5. The summed E-state index contributed by atoms with van der Waals surface area (Å²) in [5, 5.41) is 19.8. The number of allylic oxidation sites excluding steroid dienone is 2. The average Bonchev–Trinajstić information content (AvgIpc) is 2.51. The first-order valence-electron chi connectivity index (χ1n) is 6.40. The van der Waals surface area contributed by atoms with Crippen molar-refractivity contribution in [3.8, 4) is 0 Å². The van der Waals surface area contributed by atoms with Gasteiger partial charge >= 0.3 is 5.97 Å². The highest BCUT2D eigenvalue weighted by Crippen LogP contribution is 2.36. The Labute approximate surface area is 123 Å². The summed E-state index contributed by atoms with van der Waals surface area (Å²) in [7, 11) is 0. The molecule has 0 radical (unpaired) electrons. The minimum Gasteiger partial charge on any atom is -0.478 e. The van der Waals surface area contributed by atoms with Crippen molar-refractivity contribution in [3.05, 3.63) is 63.2 Å². The van der Waals surface area contributed by atoms with E-state index in [0.29, 0.717) is 0 Å². The van der Waals surface area contributed by atoms with Gasteiger partial charge in [-0.3, -0.25) is 19.7 Å². The summed E-state index contributed by atoms with van der Waals surface area (Å²) in [4.78, 5) is 46.1. The van der Waals surface area contributed by atoms with Gasteiger partial charge in [-0.25, -0.2) is 4.79 Å². The van der Waals surface area contributed by atoms with Crippen LogP contribution >= 0.6 is 0 Å². The Kier molecular flexibility index (Phi) is 2.98. The van der Waals surface area contributed by atoms with Gasteiger partial charge in [-0.2, -0.15) is 0 Å². The number of nitro benzene ring substituents is 1. The Morgan fingerprint density at radius 2 is 1.82 bits per heavy atom. The molecule has 1 aromatic carbocycles. The number of fused-ring (bicyclic) bond motifs is 2. The molecule has 0 saturated heterocycles. The van der Waals surface area contributed by atoms with Gasteiger partial charge in [0.2, 0.25) is 0 Å². The maximum Gasteiger partial charge on any atom is 0.335 e. The third-order valence-corrected chi connectivity index (χ3v) is 3.83. The molecule has 1 aromatic rings. The van der Waals surface area contributed by atoms with Gasteiger partial charge in [0.1, 0.15) is 0 Å². The largest absolute Gasteiger partial charge is 0.478 e. The fourth-order valence-electron chi connectivity index (χ4n) is 2.74. The van der Waals surface area contributed by atoms with Crippen molar-refractivity contribution in [2.24, 2.45) is 11.8 Å². The lowest BCUT2D eigenvalue weighted by atomic mass is 9.71. The lowest BCUT2D eigenvalue weighted by Crippen LogP contribution is -2.36. The van der Waals surface area contributed by atoms with Crippen LogP contribution < -0.4 is 0 Å². The predicted octanol–water partition coefficient (Wildman–Crippen LogP) is 1.79. The van der Waals surface area contributed by atoms with E-state index in [4.69, 9.17) is 5.11 Å². The number of non-ortho nitro benzene ring substituents is 1. The number of Topliss-reactive ketones (excluding diaryl/α,β-unsaturated/α-hetero) is 2. The molecular weight excluding hydrogens is 290 g/mol. The second kappa shape index (κ2) is 4.73. The second-order valence-electron chi connectivity index (χ2n) is 5.05. The first-order valence-corrected chi connectivity index (χ1v) is 6.40. The van der Waals surface area contributed by atoms with E-state index in [1.165, 1.54) is 30.4 Å². The van der Waals surface area contributed by atoms with Gasteiger partial charge in [-0.15, -0.1) is 0 Å². The Hall–Kier alpha value is -3.09. The van der Waals surface area contributed by atoms with E-state index >= 15 is 0 Å². The fourth-order valence-corrected chi connectivity index (χ4v) is 2.74. The van der Waals surface area contributed by atoms with Crippen LogP contribution in [-0.2, 0) is 4.79 Å². The highest BCUT2D eigenvalue weighted by molar-refractivity contribution is 6.18. The molecular formula is C15H9NO6. The average molecular weight is 299 g/mol. The van der Waals surface area contributed by atoms with Crippen LogP contribution in [0.1, 0.15) is 20.7 Å². The van der Waals surface area contributed by atoms with E-state index in [1.807, 2.05) is 0 Å². The molecule has 0 amide bonds. The molecule has 0 aliphatic heterocycles. The molecule has 2 aliphatic carbocycles. The van der Waals surface area contributed by atoms with Crippen molar-refractivity contribution < 1.29 is 24.4 Å². The first-order chi connectivity index (χ1) is 10.4. The van der Waals surface area contributed by atoms with Gasteiger partial charge in [0, 0.05) is 23.3 Å². The standard InChI is InChI=1S/C15H9NO6/c17-13-9-3-1-7(15(19)20)5-11(9)14(18)12-6-8(16(21)22)2-4-10(12)13/h1-6,9,11H,(H,19,20)/t9-,11-/m1/s1. The van der Waals surface area contributed by atoms with Crippen LogP contribution in [-0.4, -0.2) is 27.6 Å². The van der Waals surface area contributed by atoms with Gasteiger partial charge in [0.05, 0.1) is 22.3 Å². The summed E-state index contributed by atoms with van der Waals surface area (Å²) in [6.07, 6.45) is 3.93. The Bertz CT molecular complexity index is 804. The van der Waals surface area contributed by atoms with E-state index in [1.54, 1.807) is 0 Å². The quantitative estimate of drug-likeness (QED) is 0.657. The minimum absolute atomic E-state index is 0.0308. The summed E-state index contributed by atoms with van der Waals surface area (Å²) in [6.45, 7) is 0. The number of nitro groups is 1. The fraction of sp³-hybridized carbons (Fsp3) is 0.133. The molecule has 7 nitrogen and oxygen atoms in total. The number of rotatable bonds is 2. The van der Waals surface area contributed by atoms with E-state index in [2.05, 4.69) is 0 Å². The number of hydrogen-bond donors (Lipinski definition) is 1. The number of carbonyl (C=O) groups excluding carboxylic acids is 2. The summed E-state index contributed by atoms with van der Waals surface area (Å²) in [5.41, 5.74) is -0.256. The van der Waals surface area contributed by atoms with Crippen LogP contribution in [0, 0.1) is 22.0 Å². The van der Waals surface area contributed by atoms with Crippen LogP contribution in [0.3, 0.4) is 0 Å². The third kappa shape index (κ3) is 1.95. The normalized spacial score (nSPS) is 22.6. The third-order valence-electron chi connectivity index (χ3n) is 3.83. The molecule has 110 valence electrons. The molecule has 0 unspecified atom stereocenters.